The van der Waals surface area contributed by atoms with Gasteiger partial charge in [-0.25, -0.2) is 17.6 Å². The maximum atomic E-state index is 14.3. The lowest BCUT2D eigenvalue weighted by Gasteiger charge is -2.48. The van der Waals surface area contributed by atoms with E-state index in [1.807, 2.05) is 0 Å². The number of anilines is 2. The fourth-order valence-corrected chi connectivity index (χ4v) is 6.92. The summed E-state index contributed by atoms with van der Waals surface area (Å²) in [7, 11) is -4.05. The van der Waals surface area contributed by atoms with Crippen molar-refractivity contribution in [2.75, 3.05) is 28.9 Å². The van der Waals surface area contributed by atoms with E-state index in [1.54, 1.807) is 43.3 Å². The van der Waals surface area contributed by atoms with Crippen molar-refractivity contribution in [3.63, 3.8) is 0 Å². The number of halogens is 3. The largest absolute Gasteiger partial charge is 0.480 e. The van der Waals surface area contributed by atoms with Crippen LogP contribution in [0.4, 0.5) is 24.5 Å². The normalized spacial score (nSPS) is 18.8. The third kappa shape index (κ3) is 5.73. The third-order valence-corrected chi connectivity index (χ3v) is 8.82. The Labute approximate surface area is 229 Å². The van der Waals surface area contributed by atoms with Crippen LogP contribution in [0, 0.1) is 12.7 Å². The van der Waals surface area contributed by atoms with E-state index in [1.165, 1.54) is 16.4 Å². The van der Waals surface area contributed by atoms with E-state index in [0.717, 1.165) is 17.7 Å². The van der Waals surface area contributed by atoms with Gasteiger partial charge < -0.3 is 19.5 Å². The van der Waals surface area contributed by atoms with Crippen molar-refractivity contribution in [3.05, 3.63) is 72.0 Å². The molecule has 212 valence electrons. The van der Waals surface area contributed by atoms with Crippen LogP contribution in [-0.4, -0.2) is 57.9 Å². The molecule has 3 aromatic rings. The molecule has 0 spiro atoms. The smallest absolute Gasteiger partial charge is 0.387 e. The zero-order valence-electron chi connectivity index (χ0n) is 21.5. The number of piperidine rings is 1. The Morgan fingerprint density at radius 3 is 2.60 bits per heavy atom. The second-order valence-electron chi connectivity index (χ2n) is 9.81. The summed E-state index contributed by atoms with van der Waals surface area (Å²) in [4.78, 5) is 13.2. The maximum absolute atomic E-state index is 14.3. The van der Waals surface area contributed by atoms with Gasteiger partial charge in [0.1, 0.15) is 18.2 Å². The van der Waals surface area contributed by atoms with E-state index >= 15 is 0 Å². The highest BCUT2D eigenvalue weighted by Gasteiger charge is 2.40. The fraction of sp³-hybridized carbons (Fsp3) is 0.321. The zero-order chi connectivity index (χ0) is 28.6. The van der Waals surface area contributed by atoms with Crippen LogP contribution < -0.4 is 13.9 Å². The molecule has 0 aliphatic carbocycles. The summed E-state index contributed by atoms with van der Waals surface area (Å²) in [5.41, 5.74) is 2.42. The van der Waals surface area contributed by atoms with Crippen LogP contribution in [0.3, 0.4) is 0 Å². The lowest BCUT2D eigenvalue weighted by atomic mass is 9.94. The first kappa shape index (κ1) is 27.8. The van der Waals surface area contributed by atoms with Crippen LogP contribution in [0.5, 0.6) is 5.75 Å². The van der Waals surface area contributed by atoms with E-state index in [4.69, 9.17) is 9.84 Å². The summed E-state index contributed by atoms with van der Waals surface area (Å²) in [6.07, 6.45) is 0.627. The predicted molar refractivity (Wildman–Crippen MR) is 142 cm³/mol. The first-order valence-electron chi connectivity index (χ1n) is 12.6. The van der Waals surface area contributed by atoms with Crippen molar-refractivity contribution >= 4 is 27.4 Å². The molecule has 0 amide bonds. The zero-order valence-corrected chi connectivity index (χ0v) is 22.3. The molecule has 0 saturated carbocycles. The molecule has 2 heterocycles. The first-order chi connectivity index (χ1) is 19.0. The van der Waals surface area contributed by atoms with Crippen LogP contribution >= 0.6 is 0 Å². The first-order valence-corrected chi connectivity index (χ1v) is 14.0. The number of carbonyl (C=O) groups is 1. The number of fused-ring (bicyclic) bond motifs is 3. The van der Waals surface area contributed by atoms with Gasteiger partial charge in [0.2, 0.25) is 0 Å². The SMILES string of the molecule is Cc1cccc(S(=O)(=O)N2C[C@@H]3CC(OCC(=O)O)CCN3c3ccc(-c4cc(F)cc(OC(F)F)c4)cc32)c1. The van der Waals surface area contributed by atoms with Gasteiger partial charge in [0.25, 0.3) is 10.0 Å². The number of nitrogens with zero attached hydrogens (tertiary/aromatic N) is 2. The number of carboxylic acid groups (broad SMARTS) is 1. The standard InChI is InChI=1S/C28H27F3N2O6S/c1-17-3-2-4-24(9-17)40(36,37)33-15-21-14-22(38-16-27(34)35)7-8-32(21)25-6-5-18(12-26(25)33)19-10-20(29)13-23(11-19)39-28(30)31/h2-6,9-13,21-22,28H,7-8,14-16H2,1H3,(H,34,35)/t21-,22?/m0/s1. The summed E-state index contributed by atoms with van der Waals surface area (Å²) in [5.74, 6) is -2.21. The van der Waals surface area contributed by atoms with E-state index in [0.29, 0.717) is 36.3 Å². The van der Waals surface area contributed by atoms with Crippen LogP contribution in [0.15, 0.2) is 65.6 Å². The molecule has 1 unspecified atom stereocenters. The predicted octanol–water partition coefficient (Wildman–Crippen LogP) is 5.05. The molecule has 1 N–H and O–H groups in total. The summed E-state index contributed by atoms with van der Waals surface area (Å²) in [6, 6.07) is 14.5. The number of ether oxygens (including phenoxy) is 2. The molecule has 40 heavy (non-hydrogen) atoms. The summed E-state index contributed by atoms with van der Waals surface area (Å²) in [6.45, 7) is -1.20. The molecule has 2 aliphatic heterocycles. The van der Waals surface area contributed by atoms with Gasteiger partial charge in [-0.3, -0.25) is 4.31 Å². The molecule has 12 heteroatoms. The second kappa shape index (κ2) is 11.0. The molecular formula is C28H27F3N2O6S. The number of alkyl halides is 2. The van der Waals surface area contributed by atoms with E-state index in [9.17, 15) is 26.4 Å². The number of aryl methyl sites for hydroxylation is 1. The molecule has 1 fully saturated rings. The van der Waals surface area contributed by atoms with Gasteiger partial charge in [-0.15, -0.1) is 0 Å². The quantitative estimate of drug-likeness (QED) is 0.401. The number of hydrogen-bond donors (Lipinski definition) is 1. The minimum atomic E-state index is -4.05. The number of benzene rings is 3. The molecule has 1 saturated heterocycles. The third-order valence-electron chi connectivity index (χ3n) is 7.05. The highest BCUT2D eigenvalue weighted by Crippen LogP contribution is 2.44. The van der Waals surface area contributed by atoms with Crippen molar-refractivity contribution in [1.82, 2.24) is 0 Å². The monoisotopic (exact) mass is 576 g/mol. The topological polar surface area (TPSA) is 96.4 Å². The highest BCUT2D eigenvalue weighted by molar-refractivity contribution is 7.92. The van der Waals surface area contributed by atoms with Crippen LogP contribution in [-0.2, 0) is 19.6 Å². The molecule has 2 aliphatic rings. The van der Waals surface area contributed by atoms with Gasteiger partial charge in [0.15, 0.2) is 0 Å². The van der Waals surface area contributed by atoms with Gasteiger partial charge in [-0.05, 0) is 72.9 Å². The van der Waals surface area contributed by atoms with Gasteiger partial charge in [0, 0.05) is 12.6 Å². The van der Waals surface area contributed by atoms with Gasteiger partial charge in [-0.2, -0.15) is 8.78 Å². The van der Waals surface area contributed by atoms with Gasteiger partial charge in [0.05, 0.1) is 35.0 Å². The Morgan fingerprint density at radius 1 is 1.07 bits per heavy atom. The number of rotatable bonds is 8. The van der Waals surface area contributed by atoms with Crippen molar-refractivity contribution in [2.24, 2.45) is 0 Å². The van der Waals surface area contributed by atoms with Crippen molar-refractivity contribution in [3.8, 4) is 16.9 Å². The van der Waals surface area contributed by atoms with Crippen molar-refractivity contribution in [1.29, 1.82) is 0 Å². The summed E-state index contributed by atoms with van der Waals surface area (Å²) < 4.78 is 79.1. The van der Waals surface area contributed by atoms with Crippen LogP contribution in [0.2, 0.25) is 0 Å². The number of sulfonamides is 1. The minimum absolute atomic E-state index is 0.0720. The molecule has 2 atom stereocenters. The van der Waals surface area contributed by atoms with Crippen LogP contribution in [0.1, 0.15) is 18.4 Å². The van der Waals surface area contributed by atoms with Crippen LogP contribution in [0.25, 0.3) is 11.1 Å². The van der Waals surface area contributed by atoms with Gasteiger partial charge in [-0.1, -0.05) is 18.2 Å². The maximum Gasteiger partial charge on any atom is 0.387 e. The Morgan fingerprint density at radius 2 is 1.88 bits per heavy atom. The minimum Gasteiger partial charge on any atom is -0.480 e. The van der Waals surface area contributed by atoms with E-state index in [-0.39, 0.29) is 34.9 Å². The lowest BCUT2D eigenvalue weighted by molar-refractivity contribution is -0.144. The summed E-state index contributed by atoms with van der Waals surface area (Å²) in [5, 5.41) is 9.01. The molecule has 3 aromatic carbocycles. The molecule has 0 aromatic heterocycles. The van der Waals surface area contributed by atoms with E-state index in [2.05, 4.69) is 9.64 Å². The Bertz CT molecular complexity index is 1530. The second-order valence-corrected chi connectivity index (χ2v) is 11.7. The van der Waals surface area contributed by atoms with Crippen molar-refractivity contribution in [2.45, 2.75) is 43.4 Å². The molecule has 8 nitrogen and oxygen atoms in total. The molecule has 0 radical (unpaired) electrons. The van der Waals surface area contributed by atoms with E-state index < -0.39 is 35.0 Å². The average molecular weight is 577 g/mol. The number of aliphatic carboxylic acids is 1. The molecule has 0 bridgehead atoms. The Hall–Kier alpha value is -3.77. The van der Waals surface area contributed by atoms with Gasteiger partial charge >= 0.3 is 12.6 Å². The Kier molecular flexibility index (Phi) is 7.65. The Balaban J connectivity index is 1.58. The van der Waals surface area contributed by atoms with Crippen molar-refractivity contribution < 1.29 is 41.0 Å². The highest BCUT2D eigenvalue weighted by atomic mass is 32.2. The average Bonchev–Trinajstić information content (AvgIpc) is 2.90. The fourth-order valence-electron chi connectivity index (χ4n) is 5.31. The number of hydrogen-bond acceptors (Lipinski definition) is 6. The summed E-state index contributed by atoms with van der Waals surface area (Å²) >= 11 is 0. The molecule has 5 rings (SSSR count). The lowest BCUT2D eigenvalue weighted by Crippen LogP contribution is -2.55. The molecular weight excluding hydrogens is 549 g/mol. The number of carboxylic acids is 1.